The molecule has 3 rings (SSSR count). The van der Waals surface area contributed by atoms with Crippen LogP contribution in [0.4, 0.5) is 0 Å². The molecule has 20 heavy (non-hydrogen) atoms. The predicted molar refractivity (Wildman–Crippen MR) is 83.0 cm³/mol. The van der Waals surface area contributed by atoms with E-state index >= 15 is 0 Å². The van der Waals surface area contributed by atoms with Crippen molar-refractivity contribution >= 4 is 0 Å². The lowest BCUT2D eigenvalue weighted by molar-refractivity contribution is 0.00541. The maximum atomic E-state index is 5.65. The average Bonchev–Trinajstić information content (AvgIpc) is 2.83. The Morgan fingerprint density at radius 1 is 1.00 bits per heavy atom. The fraction of sp³-hybridized carbons (Fsp3) is 1.00. The van der Waals surface area contributed by atoms with Gasteiger partial charge in [-0.25, -0.2) is 0 Å². The number of hydrogen-bond acceptors (Lipinski definition) is 3. The average molecular weight is 280 g/mol. The van der Waals surface area contributed by atoms with Crippen molar-refractivity contribution in [3.8, 4) is 0 Å². The molecular weight excluding hydrogens is 248 g/mol. The van der Waals surface area contributed by atoms with Crippen molar-refractivity contribution in [1.82, 2.24) is 10.2 Å². The van der Waals surface area contributed by atoms with Gasteiger partial charge in [0.1, 0.15) is 0 Å². The van der Waals surface area contributed by atoms with Crippen molar-refractivity contribution in [2.45, 2.75) is 95.0 Å². The van der Waals surface area contributed by atoms with E-state index in [0.717, 1.165) is 24.2 Å². The van der Waals surface area contributed by atoms with E-state index in [2.05, 4.69) is 17.1 Å². The van der Waals surface area contributed by atoms with Crippen LogP contribution in [0.2, 0.25) is 0 Å². The predicted octanol–water partition coefficient (Wildman–Crippen LogP) is 2.94. The second-order valence-corrected chi connectivity index (χ2v) is 7.18. The van der Waals surface area contributed by atoms with Gasteiger partial charge in [0.15, 0.2) is 0 Å². The van der Waals surface area contributed by atoms with Crippen LogP contribution in [0.25, 0.3) is 0 Å². The lowest BCUT2D eigenvalue weighted by Gasteiger charge is -2.44. The van der Waals surface area contributed by atoms with Crippen LogP contribution in [0, 0.1) is 0 Å². The molecule has 0 aromatic carbocycles. The van der Waals surface area contributed by atoms with Crippen LogP contribution < -0.4 is 5.32 Å². The number of methoxy groups -OCH3 is 1. The molecule has 0 spiro atoms. The lowest BCUT2D eigenvalue weighted by Crippen LogP contribution is -2.53. The first-order valence-corrected chi connectivity index (χ1v) is 8.84. The SMILES string of the molecule is CCCN(C1CC2CCC(C1)N2)C1CCCC(OC)C1. The summed E-state index contributed by atoms with van der Waals surface area (Å²) in [4.78, 5) is 2.87. The first-order chi connectivity index (χ1) is 9.80. The van der Waals surface area contributed by atoms with Gasteiger partial charge in [-0.3, -0.25) is 4.90 Å². The zero-order chi connectivity index (χ0) is 13.9. The van der Waals surface area contributed by atoms with E-state index in [1.165, 1.54) is 64.3 Å². The number of nitrogens with zero attached hydrogens (tertiary/aromatic N) is 1. The van der Waals surface area contributed by atoms with Gasteiger partial charge in [0.2, 0.25) is 0 Å². The molecule has 0 amide bonds. The van der Waals surface area contributed by atoms with Crippen LogP contribution in [0.15, 0.2) is 0 Å². The third kappa shape index (κ3) is 3.20. The van der Waals surface area contributed by atoms with Crippen molar-refractivity contribution in [2.24, 2.45) is 0 Å². The van der Waals surface area contributed by atoms with Gasteiger partial charge in [-0.1, -0.05) is 6.92 Å². The summed E-state index contributed by atoms with van der Waals surface area (Å²) >= 11 is 0. The van der Waals surface area contributed by atoms with Gasteiger partial charge in [-0.15, -0.1) is 0 Å². The maximum absolute atomic E-state index is 5.65. The van der Waals surface area contributed by atoms with Gasteiger partial charge in [0.05, 0.1) is 6.10 Å². The molecule has 4 atom stereocenters. The van der Waals surface area contributed by atoms with Crippen molar-refractivity contribution in [1.29, 1.82) is 0 Å². The normalized spacial score (nSPS) is 41.2. The van der Waals surface area contributed by atoms with Crippen molar-refractivity contribution in [2.75, 3.05) is 13.7 Å². The first-order valence-electron chi connectivity index (χ1n) is 8.84. The minimum atomic E-state index is 0.506. The van der Waals surface area contributed by atoms with E-state index in [4.69, 9.17) is 4.74 Å². The van der Waals surface area contributed by atoms with Gasteiger partial charge in [-0.2, -0.15) is 0 Å². The highest BCUT2D eigenvalue weighted by Crippen LogP contribution is 2.34. The molecule has 3 heteroatoms. The second kappa shape index (κ2) is 6.76. The van der Waals surface area contributed by atoms with Crippen LogP contribution in [0.5, 0.6) is 0 Å². The summed E-state index contributed by atoms with van der Waals surface area (Å²) < 4.78 is 5.65. The second-order valence-electron chi connectivity index (χ2n) is 7.18. The zero-order valence-electron chi connectivity index (χ0n) is 13.3. The Bertz CT molecular complexity index is 297. The van der Waals surface area contributed by atoms with E-state index in [-0.39, 0.29) is 0 Å². The number of ether oxygens (including phenoxy) is 1. The topological polar surface area (TPSA) is 24.5 Å². The van der Waals surface area contributed by atoms with Gasteiger partial charge < -0.3 is 10.1 Å². The Kier molecular flexibility index (Phi) is 5.00. The Hall–Kier alpha value is -0.120. The summed E-state index contributed by atoms with van der Waals surface area (Å²) in [7, 11) is 1.89. The molecular formula is C17H32N2O. The molecule has 2 aliphatic heterocycles. The van der Waals surface area contributed by atoms with E-state index in [9.17, 15) is 0 Å². The molecule has 0 radical (unpaired) electrons. The molecule has 2 saturated heterocycles. The van der Waals surface area contributed by atoms with Gasteiger partial charge >= 0.3 is 0 Å². The molecule has 0 aromatic rings. The molecule has 1 saturated carbocycles. The minimum Gasteiger partial charge on any atom is -0.381 e. The molecule has 2 heterocycles. The largest absolute Gasteiger partial charge is 0.381 e. The highest BCUT2D eigenvalue weighted by atomic mass is 16.5. The molecule has 3 aliphatic rings. The van der Waals surface area contributed by atoms with Gasteiger partial charge in [0.25, 0.3) is 0 Å². The standard InChI is InChI=1S/C17H32N2O/c1-3-9-19(15-5-4-6-17(12-15)20-2)16-10-13-7-8-14(11-16)18-13/h13-18H,3-12H2,1-2H3. The number of hydrogen-bond donors (Lipinski definition) is 1. The van der Waals surface area contributed by atoms with Crippen LogP contribution in [0.1, 0.15) is 64.7 Å². The third-order valence-electron chi connectivity index (χ3n) is 5.80. The number of nitrogens with one attached hydrogen (secondary N) is 1. The van der Waals surface area contributed by atoms with E-state index < -0.39 is 0 Å². The smallest absolute Gasteiger partial charge is 0.0586 e. The summed E-state index contributed by atoms with van der Waals surface area (Å²) in [6, 6.07) is 3.21. The molecule has 116 valence electrons. The van der Waals surface area contributed by atoms with Crippen LogP contribution >= 0.6 is 0 Å². The summed E-state index contributed by atoms with van der Waals surface area (Å²) in [6.45, 7) is 3.62. The Morgan fingerprint density at radius 2 is 1.75 bits per heavy atom. The monoisotopic (exact) mass is 280 g/mol. The Balaban J connectivity index is 1.65. The Morgan fingerprint density at radius 3 is 2.40 bits per heavy atom. The number of piperidine rings is 1. The van der Waals surface area contributed by atoms with Gasteiger partial charge in [-0.05, 0) is 64.3 Å². The molecule has 1 aliphatic carbocycles. The van der Waals surface area contributed by atoms with Gasteiger partial charge in [0, 0.05) is 31.3 Å². The zero-order valence-corrected chi connectivity index (χ0v) is 13.3. The minimum absolute atomic E-state index is 0.506. The summed E-state index contributed by atoms with van der Waals surface area (Å²) in [6.07, 6.45) is 12.6. The highest BCUT2D eigenvalue weighted by molar-refractivity contribution is 4.97. The Labute approximate surface area is 124 Å². The molecule has 0 aromatic heterocycles. The van der Waals surface area contributed by atoms with E-state index in [1.807, 2.05) is 7.11 Å². The van der Waals surface area contributed by atoms with Crippen LogP contribution in [-0.4, -0.2) is 48.8 Å². The fourth-order valence-corrected chi connectivity index (χ4v) is 4.86. The summed E-state index contributed by atoms with van der Waals surface area (Å²) in [5.41, 5.74) is 0. The quantitative estimate of drug-likeness (QED) is 0.838. The summed E-state index contributed by atoms with van der Waals surface area (Å²) in [5, 5.41) is 3.79. The van der Waals surface area contributed by atoms with E-state index in [1.54, 1.807) is 0 Å². The van der Waals surface area contributed by atoms with Crippen LogP contribution in [-0.2, 0) is 4.74 Å². The molecule has 1 N–H and O–H groups in total. The third-order valence-corrected chi connectivity index (χ3v) is 5.80. The molecule has 3 nitrogen and oxygen atoms in total. The molecule has 3 fully saturated rings. The van der Waals surface area contributed by atoms with Crippen molar-refractivity contribution in [3.63, 3.8) is 0 Å². The number of fused-ring (bicyclic) bond motifs is 2. The maximum Gasteiger partial charge on any atom is 0.0586 e. The molecule has 2 bridgehead atoms. The fourth-order valence-electron chi connectivity index (χ4n) is 4.86. The van der Waals surface area contributed by atoms with E-state index in [0.29, 0.717) is 6.10 Å². The highest BCUT2D eigenvalue weighted by Gasteiger charge is 2.38. The van der Waals surface area contributed by atoms with Crippen molar-refractivity contribution < 1.29 is 4.74 Å². The number of rotatable bonds is 5. The summed E-state index contributed by atoms with van der Waals surface area (Å²) in [5.74, 6) is 0. The lowest BCUT2D eigenvalue weighted by atomic mass is 9.88. The first kappa shape index (κ1) is 14.8. The molecule has 4 unspecified atom stereocenters. The van der Waals surface area contributed by atoms with Crippen molar-refractivity contribution in [3.05, 3.63) is 0 Å². The van der Waals surface area contributed by atoms with Crippen LogP contribution in [0.3, 0.4) is 0 Å².